The number of nitrogens with one attached hydrogen (secondary N) is 1. The van der Waals surface area contributed by atoms with E-state index in [-0.39, 0.29) is 12.5 Å². The summed E-state index contributed by atoms with van der Waals surface area (Å²) < 4.78 is 6.79. The minimum absolute atomic E-state index is 0.300. The highest BCUT2D eigenvalue weighted by Crippen LogP contribution is 2.14. The first-order valence-corrected chi connectivity index (χ1v) is 9.65. The van der Waals surface area contributed by atoms with Crippen molar-refractivity contribution in [2.45, 2.75) is 26.2 Å². The predicted molar refractivity (Wildman–Crippen MR) is 111 cm³/mol. The van der Waals surface area contributed by atoms with Crippen LogP contribution in [-0.2, 0) is 16.0 Å². The molecular formula is C23H25N3O3. The highest BCUT2D eigenvalue weighted by atomic mass is 16.5. The number of hydrogen-bond donors (Lipinski definition) is 1. The van der Waals surface area contributed by atoms with Crippen molar-refractivity contribution in [3.63, 3.8) is 0 Å². The third-order valence-corrected chi connectivity index (χ3v) is 4.59. The number of carbonyl (C=O) groups is 2. The molecule has 0 saturated carbocycles. The molecule has 0 bridgehead atoms. The van der Waals surface area contributed by atoms with E-state index in [0.29, 0.717) is 18.0 Å². The smallest absolute Gasteiger partial charge is 0.338 e. The summed E-state index contributed by atoms with van der Waals surface area (Å²) >= 11 is 0. The molecule has 29 heavy (non-hydrogen) atoms. The summed E-state index contributed by atoms with van der Waals surface area (Å²) in [5.41, 5.74) is 3.68. The molecule has 0 atom stereocenters. The number of rotatable bonds is 8. The van der Waals surface area contributed by atoms with Crippen LogP contribution < -0.4 is 5.32 Å². The second-order valence-corrected chi connectivity index (χ2v) is 7.07. The second kappa shape index (κ2) is 9.68. The summed E-state index contributed by atoms with van der Waals surface area (Å²) in [4.78, 5) is 24.0. The molecule has 3 aromatic rings. The molecule has 0 saturated heterocycles. The number of amides is 1. The van der Waals surface area contributed by atoms with Gasteiger partial charge in [0.25, 0.3) is 5.91 Å². The van der Waals surface area contributed by atoms with E-state index >= 15 is 0 Å². The Bertz CT molecular complexity index is 931. The average molecular weight is 391 g/mol. The molecule has 6 heteroatoms. The van der Waals surface area contributed by atoms with Crippen molar-refractivity contribution in [2.75, 3.05) is 13.2 Å². The van der Waals surface area contributed by atoms with Crippen molar-refractivity contribution in [2.24, 2.45) is 0 Å². The van der Waals surface area contributed by atoms with Gasteiger partial charge in [-0.1, -0.05) is 38.1 Å². The lowest BCUT2D eigenvalue weighted by Gasteiger charge is -2.09. The van der Waals surface area contributed by atoms with Crippen molar-refractivity contribution in [1.29, 1.82) is 0 Å². The van der Waals surface area contributed by atoms with Crippen LogP contribution in [0.1, 0.15) is 41.3 Å². The molecule has 0 unspecified atom stereocenters. The van der Waals surface area contributed by atoms with Gasteiger partial charge in [0.15, 0.2) is 6.61 Å². The first-order chi connectivity index (χ1) is 14.0. The van der Waals surface area contributed by atoms with E-state index in [1.54, 1.807) is 35.1 Å². The molecule has 0 aliphatic heterocycles. The van der Waals surface area contributed by atoms with Crippen LogP contribution in [0.2, 0.25) is 0 Å². The zero-order chi connectivity index (χ0) is 20.6. The SMILES string of the molecule is CC(C)c1ccc(CCNC(=O)COC(=O)c2ccc(-n3cccn3)cc2)cc1. The average Bonchev–Trinajstić information content (AvgIpc) is 3.27. The maximum Gasteiger partial charge on any atom is 0.338 e. The molecule has 6 nitrogen and oxygen atoms in total. The van der Waals surface area contributed by atoms with Gasteiger partial charge in [0.2, 0.25) is 0 Å². The number of nitrogens with zero attached hydrogens (tertiary/aromatic N) is 2. The van der Waals surface area contributed by atoms with Gasteiger partial charge < -0.3 is 10.1 Å². The van der Waals surface area contributed by atoms with Gasteiger partial charge in [0.1, 0.15) is 0 Å². The second-order valence-electron chi connectivity index (χ2n) is 7.07. The zero-order valence-corrected chi connectivity index (χ0v) is 16.7. The Morgan fingerprint density at radius 1 is 1.07 bits per heavy atom. The summed E-state index contributed by atoms with van der Waals surface area (Å²) in [6, 6.07) is 17.0. The van der Waals surface area contributed by atoms with E-state index in [1.807, 2.05) is 12.3 Å². The van der Waals surface area contributed by atoms with Crippen LogP contribution in [0.3, 0.4) is 0 Å². The maximum atomic E-state index is 12.1. The van der Waals surface area contributed by atoms with Crippen LogP contribution in [-0.4, -0.2) is 34.8 Å². The van der Waals surface area contributed by atoms with Crippen molar-refractivity contribution in [1.82, 2.24) is 15.1 Å². The fraction of sp³-hybridized carbons (Fsp3) is 0.261. The normalized spacial score (nSPS) is 10.7. The Balaban J connectivity index is 1.40. The highest BCUT2D eigenvalue weighted by Gasteiger charge is 2.10. The monoisotopic (exact) mass is 391 g/mol. The first-order valence-electron chi connectivity index (χ1n) is 9.65. The number of esters is 1. The van der Waals surface area contributed by atoms with E-state index < -0.39 is 5.97 Å². The van der Waals surface area contributed by atoms with E-state index in [4.69, 9.17) is 4.74 Å². The van der Waals surface area contributed by atoms with E-state index in [0.717, 1.165) is 17.7 Å². The quantitative estimate of drug-likeness (QED) is 0.597. The van der Waals surface area contributed by atoms with E-state index in [9.17, 15) is 9.59 Å². The van der Waals surface area contributed by atoms with Gasteiger partial charge in [-0.25, -0.2) is 9.48 Å². The Kier molecular flexibility index (Phi) is 6.79. The van der Waals surface area contributed by atoms with Gasteiger partial charge in [-0.3, -0.25) is 4.79 Å². The lowest BCUT2D eigenvalue weighted by Crippen LogP contribution is -2.30. The molecule has 1 heterocycles. The lowest BCUT2D eigenvalue weighted by molar-refractivity contribution is -0.124. The van der Waals surface area contributed by atoms with Gasteiger partial charge in [-0.2, -0.15) is 5.10 Å². The van der Waals surface area contributed by atoms with Crippen LogP contribution in [0.15, 0.2) is 67.0 Å². The number of ether oxygens (including phenoxy) is 1. The topological polar surface area (TPSA) is 73.2 Å². The van der Waals surface area contributed by atoms with Crippen molar-refractivity contribution in [3.8, 4) is 5.69 Å². The summed E-state index contributed by atoms with van der Waals surface area (Å²) in [5, 5.41) is 6.91. The fourth-order valence-electron chi connectivity index (χ4n) is 2.85. The minimum atomic E-state index is -0.531. The number of benzene rings is 2. The third-order valence-electron chi connectivity index (χ3n) is 4.59. The predicted octanol–water partition coefficient (Wildman–Crippen LogP) is 3.51. The largest absolute Gasteiger partial charge is 0.452 e. The van der Waals surface area contributed by atoms with Crippen molar-refractivity contribution >= 4 is 11.9 Å². The van der Waals surface area contributed by atoms with Crippen LogP contribution in [0, 0.1) is 0 Å². The third kappa shape index (κ3) is 5.78. The van der Waals surface area contributed by atoms with Gasteiger partial charge in [-0.15, -0.1) is 0 Å². The maximum absolute atomic E-state index is 12.1. The van der Waals surface area contributed by atoms with Crippen LogP contribution >= 0.6 is 0 Å². The number of aromatic nitrogens is 2. The van der Waals surface area contributed by atoms with E-state index in [2.05, 4.69) is 48.5 Å². The summed E-state index contributed by atoms with van der Waals surface area (Å²) in [5.74, 6) is -0.345. The molecule has 1 amide bonds. The zero-order valence-electron chi connectivity index (χ0n) is 16.7. The highest BCUT2D eigenvalue weighted by molar-refractivity contribution is 5.91. The fourth-order valence-corrected chi connectivity index (χ4v) is 2.85. The Labute approximate surface area is 170 Å². The van der Waals surface area contributed by atoms with Gasteiger partial charge >= 0.3 is 5.97 Å². The summed E-state index contributed by atoms with van der Waals surface area (Å²) in [6.07, 6.45) is 4.23. The van der Waals surface area contributed by atoms with Crippen LogP contribution in [0.5, 0.6) is 0 Å². The lowest BCUT2D eigenvalue weighted by atomic mass is 10.0. The van der Waals surface area contributed by atoms with Gasteiger partial charge in [0, 0.05) is 18.9 Å². The Morgan fingerprint density at radius 3 is 2.41 bits per heavy atom. The summed E-state index contributed by atoms with van der Waals surface area (Å²) in [7, 11) is 0. The molecule has 3 rings (SSSR count). The van der Waals surface area contributed by atoms with Crippen molar-refractivity contribution in [3.05, 3.63) is 83.7 Å². The molecule has 150 valence electrons. The van der Waals surface area contributed by atoms with E-state index in [1.165, 1.54) is 5.56 Å². The van der Waals surface area contributed by atoms with Crippen molar-refractivity contribution < 1.29 is 14.3 Å². The molecule has 0 fully saturated rings. The molecule has 0 spiro atoms. The van der Waals surface area contributed by atoms with Crippen LogP contribution in [0.25, 0.3) is 5.69 Å². The molecule has 0 aliphatic carbocycles. The Morgan fingerprint density at radius 2 is 1.79 bits per heavy atom. The number of carbonyl (C=O) groups excluding carboxylic acids is 2. The molecule has 1 aromatic heterocycles. The van der Waals surface area contributed by atoms with Gasteiger partial charge in [0.05, 0.1) is 11.3 Å². The standard InChI is InChI=1S/C23H25N3O3/c1-17(2)19-6-4-18(5-7-19)12-14-24-22(27)16-29-23(28)20-8-10-21(11-9-20)26-15-3-13-25-26/h3-11,13,15,17H,12,14,16H2,1-2H3,(H,24,27). The van der Waals surface area contributed by atoms with Crippen LogP contribution in [0.4, 0.5) is 0 Å². The first kappa shape index (κ1) is 20.3. The molecule has 1 N–H and O–H groups in total. The summed E-state index contributed by atoms with van der Waals surface area (Å²) in [6.45, 7) is 4.51. The minimum Gasteiger partial charge on any atom is -0.452 e. The molecule has 0 radical (unpaired) electrons. The molecule has 0 aliphatic rings. The molecular weight excluding hydrogens is 366 g/mol. The van der Waals surface area contributed by atoms with Gasteiger partial charge in [-0.05, 0) is 53.8 Å². The molecule has 2 aromatic carbocycles. The Hall–Kier alpha value is -3.41. The number of hydrogen-bond acceptors (Lipinski definition) is 4.